The molecule has 0 nitrogen and oxygen atoms in total. The first kappa shape index (κ1) is 60.4. The lowest BCUT2D eigenvalue weighted by Crippen LogP contribution is -2.11. The van der Waals surface area contributed by atoms with Crippen LogP contribution in [0.15, 0.2) is 0 Å². The molecule has 0 aliphatic rings. The van der Waals surface area contributed by atoms with Crippen molar-refractivity contribution in [3.63, 3.8) is 0 Å². The molecule has 0 unspecified atom stereocenters. The van der Waals surface area contributed by atoms with Crippen LogP contribution >= 0.6 is 7.26 Å². The zero-order chi connectivity index (χ0) is 43.4. The standard InChI is InChI=1S/C59H122P/c1-5-9-12-15-18-21-24-27-30-33-36-39-42-45-48-51-54-57-60(8-4,58-55-52-49-46-43-40-37-34-31-28-25-22-19-16-13-10-6-2)59-56-53-50-47-44-41-38-35-32-29-26-23-20-17-14-11-7-3/h5-59H2,1-4H3/q+1. The molecule has 0 N–H and O–H groups in total. The largest absolute Gasteiger partial charge is 0.0654 e. The molecule has 0 aliphatic carbocycles. The molecule has 0 heterocycles. The molecule has 0 amide bonds. The number of rotatable bonds is 55. The van der Waals surface area contributed by atoms with E-state index in [4.69, 9.17) is 0 Å². The smallest absolute Gasteiger partial charge is 0.0594 e. The summed E-state index contributed by atoms with van der Waals surface area (Å²) in [5.41, 5.74) is 0. The van der Waals surface area contributed by atoms with E-state index in [2.05, 4.69) is 27.7 Å². The first-order chi connectivity index (χ1) is 29.7. The van der Waals surface area contributed by atoms with Crippen LogP contribution in [0.5, 0.6) is 0 Å². The number of unbranched alkanes of at least 4 members (excludes halogenated alkanes) is 48. The Balaban J connectivity index is 4.19. The van der Waals surface area contributed by atoms with E-state index < -0.39 is 7.26 Å². The molecule has 0 radical (unpaired) electrons. The van der Waals surface area contributed by atoms with E-state index in [1.54, 1.807) is 43.9 Å². The SMILES string of the molecule is CCCCCCCCCCCCCCCCCCC[P+](CC)(CCCCCCCCCCCCCCCCCCC)CCCCCCCCCCCCCCCCCCC. The van der Waals surface area contributed by atoms with Gasteiger partial charge in [0.25, 0.3) is 0 Å². The van der Waals surface area contributed by atoms with E-state index >= 15 is 0 Å². The van der Waals surface area contributed by atoms with Crippen LogP contribution in [-0.4, -0.2) is 24.6 Å². The summed E-state index contributed by atoms with van der Waals surface area (Å²) in [6.45, 7) is 9.58. The molecule has 0 bridgehead atoms. The van der Waals surface area contributed by atoms with E-state index in [0.29, 0.717) is 0 Å². The van der Waals surface area contributed by atoms with Gasteiger partial charge in [0.2, 0.25) is 0 Å². The fourth-order valence-corrected chi connectivity index (χ4v) is 14.6. The van der Waals surface area contributed by atoms with Crippen molar-refractivity contribution in [2.45, 2.75) is 355 Å². The molecule has 0 aromatic carbocycles. The summed E-state index contributed by atoms with van der Waals surface area (Å²) in [4.78, 5) is 0. The van der Waals surface area contributed by atoms with Crippen molar-refractivity contribution in [2.75, 3.05) is 24.6 Å². The minimum atomic E-state index is -0.747. The zero-order valence-electron chi connectivity index (χ0n) is 43.3. The maximum absolute atomic E-state index is 2.61. The van der Waals surface area contributed by atoms with Gasteiger partial charge in [0.15, 0.2) is 0 Å². The predicted octanol–water partition coefficient (Wildman–Crippen LogP) is 23.0. The van der Waals surface area contributed by atoms with Crippen molar-refractivity contribution < 1.29 is 0 Å². The van der Waals surface area contributed by atoms with Gasteiger partial charge in [-0.2, -0.15) is 0 Å². The minimum absolute atomic E-state index is 0.747. The highest BCUT2D eigenvalue weighted by Gasteiger charge is 2.33. The predicted molar refractivity (Wildman–Crippen MR) is 285 cm³/mol. The van der Waals surface area contributed by atoms with Gasteiger partial charge in [-0.15, -0.1) is 0 Å². The monoisotopic (exact) mass is 862 g/mol. The minimum Gasteiger partial charge on any atom is -0.0654 e. The summed E-state index contributed by atoms with van der Waals surface area (Å²) in [5.74, 6) is 0. The third kappa shape index (κ3) is 47.9. The van der Waals surface area contributed by atoms with Gasteiger partial charge in [-0.05, 0) is 45.4 Å². The number of hydrogen-bond acceptors (Lipinski definition) is 0. The molecule has 0 spiro atoms. The molecule has 0 aliphatic heterocycles. The fourth-order valence-electron chi connectivity index (χ4n) is 10.3. The van der Waals surface area contributed by atoms with Gasteiger partial charge in [-0.3, -0.25) is 0 Å². The van der Waals surface area contributed by atoms with E-state index in [0.717, 1.165) is 0 Å². The topological polar surface area (TPSA) is 0 Å². The Labute approximate surface area is 385 Å². The summed E-state index contributed by atoms with van der Waals surface area (Å²) in [5, 5.41) is 0. The van der Waals surface area contributed by atoms with E-state index in [1.807, 2.05) is 0 Å². The van der Waals surface area contributed by atoms with Crippen LogP contribution < -0.4 is 0 Å². The van der Waals surface area contributed by atoms with Crippen LogP contribution in [0.25, 0.3) is 0 Å². The summed E-state index contributed by atoms with van der Waals surface area (Å²) in [7, 11) is -0.747. The van der Waals surface area contributed by atoms with Gasteiger partial charge in [-0.1, -0.05) is 310 Å². The van der Waals surface area contributed by atoms with Gasteiger partial charge >= 0.3 is 0 Å². The van der Waals surface area contributed by atoms with E-state index in [1.165, 1.54) is 308 Å². The first-order valence-corrected chi connectivity index (χ1v) is 32.1. The average molecular weight is 863 g/mol. The molecule has 0 saturated heterocycles. The molecule has 0 saturated carbocycles. The van der Waals surface area contributed by atoms with Gasteiger partial charge in [0.1, 0.15) is 0 Å². The Morgan fingerprint density at radius 3 is 0.383 bits per heavy atom. The molecular formula is C59H122P+. The van der Waals surface area contributed by atoms with Crippen LogP contribution in [0, 0.1) is 0 Å². The van der Waals surface area contributed by atoms with Crippen molar-refractivity contribution in [1.29, 1.82) is 0 Å². The Hall–Kier alpha value is 0.430. The maximum atomic E-state index is 2.61. The molecule has 60 heavy (non-hydrogen) atoms. The first-order valence-electron chi connectivity index (χ1n) is 29.6. The Morgan fingerprint density at radius 2 is 0.267 bits per heavy atom. The molecule has 362 valence electrons. The second-order valence-corrected chi connectivity index (χ2v) is 25.5. The molecule has 1 heteroatoms. The normalized spacial score (nSPS) is 12.0. The lowest BCUT2D eigenvalue weighted by atomic mass is 10.0. The molecule has 0 aromatic rings. The summed E-state index contributed by atoms with van der Waals surface area (Å²) in [6.07, 6.45) is 82.5. The lowest BCUT2D eigenvalue weighted by Gasteiger charge is -2.27. The van der Waals surface area contributed by atoms with Crippen LogP contribution in [0.1, 0.15) is 355 Å². The van der Waals surface area contributed by atoms with Crippen molar-refractivity contribution >= 4 is 7.26 Å². The Morgan fingerprint density at radius 1 is 0.150 bits per heavy atom. The second-order valence-electron chi connectivity index (χ2n) is 20.8. The highest BCUT2D eigenvalue weighted by atomic mass is 31.2. The highest BCUT2D eigenvalue weighted by molar-refractivity contribution is 7.75. The molecular weight excluding hydrogens is 740 g/mol. The van der Waals surface area contributed by atoms with E-state index in [-0.39, 0.29) is 0 Å². The summed E-state index contributed by atoms with van der Waals surface area (Å²) in [6, 6.07) is 0. The van der Waals surface area contributed by atoms with Crippen molar-refractivity contribution in [1.82, 2.24) is 0 Å². The van der Waals surface area contributed by atoms with Crippen molar-refractivity contribution in [2.24, 2.45) is 0 Å². The van der Waals surface area contributed by atoms with Crippen LogP contribution in [0.3, 0.4) is 0 Å². The molecule has 0 atom stereocenters. The second kappa shape index (κ2) is 53.8. The Kier molecular flexibility index (Phi) is 54.2. The maximum Gasteiger partial charge on any atom is 0.0594 e. The third-order valence-corrected chi connectivity index (χ3v) is 20.0. The third-order valence-electron chi connectivity index (χ3n) is 14.9. The summed E-state index contributed by atoms with van der Waals surface area (Å²) >= 11 is 0. The van der Waals surface area contributed by atoms with Crippen molar-refractivity contribution in [3.05, 3.63) is 0 Å². The van der Waals surface area contributed by atoms with Crippen LogP contribution in [0.2, 0.25) is 0 Å². The average Bonchev–Trinajstić information content (AvgIpc) is 3.26. The van der Waals surface area contributed by atoms with Gasteiger partial charge in [0.05, 0.1) is 24.6 Å². The summed E-state index contributed by atoms with van der Waals surface area (Å²) < 4.78 is 0. The fraction of sp³-hybridized carbons (Fsp3) is 1.00. The molecule has 0 fully saturated rings. The molecule has 0 aromatic heterocycles. The van der Waals surface area contributed by atoms with E-state index in [9.17, 15) is 0 Å². The van der Waals surface area contributed by atoms with Gasteiger partial charge in [0, 0.05) is 7.26 Å². The zero-order valence-corrected chi connectivity index (χ0v) is 44.2. The van der Waals surface area contributed by atoms with Gasteiger partial charge < -0.3 is 0 Å². The highest BCUT2D eigenvalue weighted by Crippen LogP contribution is 2.60. The quantitative estimate of drug-likeness (QED) is 0.0422. The van der Waals surface area contributed by atoms with Crippen molar-refractivity contribution in [3.8, 4) is 0 Å². The Bertz CT molecular complexity index is 636. The van der Waals surface area contributed by atoms with Gasteiger partial charge in [-0.25, -0.2) is 0 Å². The number of hydrogen-bond donors (Lipinski definition) is 0. The lowest BCUT2D eigenvalue weighted by molar-refractivity contribution is 0.528. The van der Waals surface area contributed by atoms with Crippen LogP contribution in [-0.2, 0) is 0 Å². The van der Waals surface area contributed by atoms with Crippen LogP contribution in [0.4, 0.5) is 0 Å². The molecule has 0 rings (SSSR count).